The highest BCUT2D eigenvalue weighted by atomic mass is 32.2. The molecule has 1 N–H and O–H groups in total. The summed E-state index contributed by atoms with van der Waals surface area (Å²) in [6.45, 7) is 6.95. The van der Waals surface area contributed by atoms with E-state index in [9.17, 15) is 9.18 Å². The zero-order valence-electron chi connectivity index (χ0n) is 19.6. The fourth-order valence-corrected chi connectivity index (χ4v) is 6.25. The normalized spacial score (nSPS) is 21.3. The van der Waals surface area contributed by atoms with Gasteiger partial charge in [0.2, 0.25) is 0 Å². The maximum atomic E-state index is 13.9. The highest BCUT2D eigenvalue weighted by Gasteiger charge is 2.30. The molecule has 0 spiro atoms. The van der Waals surface area contributed by atoms with E-state index in [1.165, 1.54) is 63.0 Å². The number of nitrogens with one attached hydrogen (secondary N) is 1. The van der Waals surface area contributed by atoms with Crippen LogP contribution in [0.3, 0.4) is 0 Å². The maximum absolute atomic E-state index is 13.9. The number of nitrogens with zero attached hydrogens (tertiary/aromatic N) is 3. The number of piperidine rings is 1. The second kappa shape index (κ2) is 11.2. The number of ether oxygens (including phenoxy) is 2. The summed E-state index contributed by atoms with van der Waals surface area (Å²) in [5.74, 6) is 0.250. The van der Waals surface area contributed by atoms with Crippen LogP contribution < -0.4 is 0 Å². The first kappa shape index (κ1) is 23.8. The molecule has 7 nitrogen and oxygen atoms in total. The Morgan fingerprint density at radius 1 is 1.03 bits per heavy atom. The van der Waals surface area contributed by atoms with Gasteiger partial charge in [-0.1, -0.05) is 18.6 Å². The molecule has 1 amide bonds. The SMILES string of the molecule is C1CCN(C2CCOCC2)CC1.O=C(c1[nH]nc2c1CSc1c(F)cccc1-2)N1CCOCC1. The molecule has 4 aliphatic rings. The number of morpholine rings is 1. The van der Waals surface area contributed by atoms with Crippen molar-refractivity contribution in [2.24, 2.45) is 0 Å². The van der Waals surface area contributed by atoms with E-state index in [0.717, 1.165) is 30.4 Å². The van der Waals surface area contributed by atoms with Crippen LogP contribution in [0.1, 0.15) is 48.2 Å². The summed E-state index contributed by atoms with van der Waals surface area (Å²) in [4.78, 5) is 17.7. The molecule has 9 heteroatoms. The molecular formula is C25H33FN4O3S. The third kappa shape index (κ3) is 5.17. The molecule has 0 bridgehead atoms. The number of hydrogen-bond acceptors (Lipinski definition) is 6. The fraction of sp³-hybridized carbons (Fsp3) is 0.600. The molecule has 3 saturated heterocycles. The van der Waals surface area contributed by atoms with Gasteiger partial charge in [-0.15, -0.1) is 11.8 Å². The van der Waals surface area contributed by atoms with Gasteiger partial charge in [0, 0.05) is 49.2 Å². The average molecular weight is 489 g/mol. The van der Waals surface area contributed by atoms with Gasteiger partial charge in [0.25, 0.3) is 5.91 Å². The third-order valence-electron chi connectivity index (χ3n) is 7.06. The second-order valence-corrected chi connectivity index (χ2v) is 10.2. The summed E-state index contributed by atoms with van der Waals surface area (Å²) in [5, 5.41) is 7.13. The molecule has 184 valence electrons. The van der Waals surface area contributed by atoms with E-state index >= 15 is 0 Å². The van der Waals surface area contributed by atoms with Gasteiger partial charge in [-0.05, 0) is 44.8 Å². The lowest BCUT2D eigenvalue weighted by molar-refractivity contribution is 0.0273. The predicted molar refractivity (Wildman–Crippen MR) is 130 cm³/mol. The van der Waals surface area contributed by atoms with Gasteiger partial charge < -0.3 is 19.3 Å². The first-order valence-electron chi connectivity index (χ1n) is 12.4. The van der Waals surface area contributed by atoms with Gasteiger partial charge in [0.15, 0.2) is 0 Å². The maximum Gasteiger partial charge on any atom is 0.272 e. The fourth-order valence-electron chi connectivity index (χ4n) is 5.15. The summed E-state index contributed by atoms with van der Waals surface area (Å²) in [6.07, 6.45) is 6.80. The van der Waals surface area contributed by atoms with E-state index < -0.39 is 0 Å². The quantitative estimate of drug-likeness (QED) is 0.691. The van der Waals surface area contributed by atoms with Crippen LogP contribution in [0.2, 0.25) is 0 Å². The van der Waals surface area contributed by atoms with Crippen LogP contribution in [-0.4, -0.2) is 84.6 Å². The molecule has 5 heterocycles. The molecule has 3 fully saturated rings. The van der Waals surface area contributed by atoms with E-state index in [4.69, 9.17) is 9.47 Å². The van der Waals surface area contributed by atoms with Gasteiger partial charge >= 0.3 is 0 Å². The molecule has 34 heavy (non-hydrogen) atoms. The van der Waals surface area contributed by atoms with Crippen molar-refractivity contribution in [3.63, 3.8) is 0 Å². The lowest BCUT2D eigenvalue weighted by Crippen LogP contribution is -2.42. The number of benzene rings is 1. The molecule has 0 saturated carbocycles. The zero-order valence-corrected chi connectivity index (χ0v) is 20.4. The van der Waals surface area contributed by atoms with Crippen LogP contribution in [0.25, 0.3) is 11.3 Å². The molecule has 1 aromatic heterocycles. The minimum Gasteiger partial charge on any atom is -0.381 e. The minimum absolute atomic E-state index is 0.0579. The summed E-state index contributed by atoms with van der Waals surface area (Å²) >= 11 is 1.41. The number of H-pyrrole nitrogens is 1. The Balaban J connectivity index is 0.000000169. The molecule has 2 aromatic rings. The number of carbonyl (C=O) groups is 1. The molecule has 6 rings (SSSR count). The van der Waals surface area contributed by atoms with E-state index in [-0.39, 0.29) is 11.7 Å². The lowest BCUT2D eigenvalue weighted by atomic mass is 10.0. The highest BCUT2D eigenvalue weighted by molar-refractivity contribution is 7.98. The number of fused-ring (bicyclic) bond motifs is 3. The van der Waals surface area contributed by atoms with Crippen molar-refractivity contribution in [3.05, 3.63) is 35.3 Å². The van der Waals surface area contributed by atoms with Gasteiger partial charge in [-0.2, -0.15) is 5.10 Å². The number of likely N-dealkylation sites (tertiary alicyclic amines) is 1. The van der Waals surface area contributed by atoms with Crippen molar-refractivity contribution in [2.45, 2.75) is 48.8 Å². The van der Waals surface area contributed by atoms with Gasteiger partial charge in [-0.25, -0.2) is 4.39 Å². The van der Waals surface area contributed by atoms with Crippen molar-refractivity contribution >= 4 is 17.7 Å². The van der Waals surface area contributed by atoms with Crippen LogP contribution in [0.4, 0.5) is 4.39 Å². The Labute approximate surface area is 204 Å². The number of halogens is 1. The third-order valence-corrected chi connectivity index (χ3v) is 8.20. The number of carbonyl (C=O) groups excluding carboxylic acids is 1. The first-order valence-corrected chi connectivity index (χ1v) is 13.4. The van der Waals surface area contributed by atoms with Crippen molar-refractivity contribution in [2.75, 3.05) is 52.6 Å². The smallest absolute Gasteiger partial charge is 0.272 e. The van der Waals surface area contributed by atoms with Crippen molar-refractivity contribution in [1.82, 2.24) is 20.0 Å². The van der Waals surface area contributed by atoms with Crippen LogP contribution in [0, 0.1) is 5.82 Å². The Bertz CT molecular complexity index is 967. The van der Waals surface area contributed by atoms with Crippen molar-refractivity contribution in [3.8, 4) is 11.3 Å². The van der Waals surface area contributed by atoms with Crippen LogP contribution in [0.15, 0.2) is 23.1 Å². The topological polar surface area (TPSA) is 70.7 Å². The Hall–Kier alpha value is -1.94. The molecule has 1 aromatic carbocycles. The number of thioether (sulfide) groups is 1. The largest absolute Gasteiger partial charge is 0.381 e. The van der Waals surface area contributed by atoms with E-state index in [1.807, 2.05) is 6.07 Å². The summed E-state index contributed by atoms with van der Waals surface area (Å²) < 4.78 is 24.5. The minimum atomic E-state index is -0.239. The summed E-state index contributed by atoms with van der Waals surface area (Å²) in [5.41, 5.74) is 2.81. The Kier molecular flexibility index (Phi) is 7.83. The Morgan fingerprint density at radius 3 is 2.53 bits per heavy atom. The van der Waals surface area contributed by atoms with E-state index in [1.54, 1.807) is 11.0 Å². The zero-order chi connectivity index (χ0) is 23.3. The summed E-state index contributed by atoms with van der Waals surface area (Å²) in [6, 6.07) is 5.80. The standard InChI is InChI=1S/C15H14FN3O2S.C10H19NO/c16-11-3-1-2-9-12-10(8-22-14(9)11)13(18-17-12)15(20)19-4-6-21-7-5-19;1-2-6-11(7-3-1)10-4-8-12-9-5-10/h1-3H,4-8H2,(H,17,18);10H,1-9H2. The van der Waals surface area contributed by atoms with E-state index in [2.05, 4.69) is 15.1 Å². The van der Waals surface area contributed by atoms with Crippen LogP contribution in [0.5, 0.6) is 0 Å². The molecule has 0 unspecified atom stereocenters. The monoisotopic (exact) mass is 488 g/mol. The molecule has 4 aliphatic heterocycles. The number of aromatic nitrogens is 2. The van der Waals surface area contributed by atoms with Gasteiger partial charge in [0.1, 0.15) is 11.5 Å². The average Bonchev–Trinajstić information content (AvgIpc) is 3.35. The molecule has 0 atom stereocenters. The number of aromatic amines is 1. The van der Waals surface area contributed by atoms with Crippen molar-refractivity contribution < 1.29 is 18.7 Å². The predicted octanol–water partition coefficient (Wildman–Crippen LogP) is 3.95. The molecule has 0 radical (unpaired) electrons. The van der Waals surface area contributed by atoms with Gasteiger partial charge in [0.05, 0.1) is 23.8 Å². The highest BCUT2D eigenvalue weighted by Crippen LogP contribution is 2.42. The van der Waals surface area contributed by atoms with Gasteiger partial charge in [-0.3, -0.25) is 9.89 Å². The molecular weight excluding hydrogens is 455 g/mol. The van der Waals surface area contributed by atoms with Crippen LogP contribution >= 0.6 is 11.8 Å². The summed E-state index contributed by atoms with van der Waals surface area (Å²) in [7, 11) is 0. The van der Waals surface area contributed by atoms with Crippen molar-refractivity contribution in [1.29, 1.82) is 0 Å². The number of rotatable bonds is 2. The number of hydrogen-bond donors (Lipinski definition) is 1. The van der Waals surface area contributed by atoms with E-state index in [0.29, 0.717) is 48.3 Å². The number of amides is 1. The second-order valence-electron chi connectivity index (χ2n) is 9.18. The molecule has 0 aliphatic carbocycles. The Morgan fingerprint density at radius 2 is 1.76 bits per heavy atom. The first-order chi connectivity index (χ1) is 16.7. The van der Waals surface area contributed by atoms with Crippen LogP contribution in [-0.2, 0) is 15.2 Å². The lowest BCUT2D eigenvalue weighted by Gasteiger charge is -2.36.